The van der Waals surface area contributed by atoms with Crippen LogP contribution < -0.4 is 15.1 Å². The predicted molar refractivity (Wildman–Crippen MR) is 199 cm³/mol. The molecule has 2 saturated heterocycles. The molecule has 4 aliphatic carbocycles. The highest BCUT2D eigenvalue weighted by atomic mass is 31.3. The number of rotatable bonds is 16. The Bertz CT molecular complexity index is 2250. The van der Waals surface area contributed by atoms with E-state index in [-0.39, 0.29) is 49.7 Å². The summed E-state index contributed by atoms with van der Waals surface area (Å²) in [6.07, 6.45) is -5.64. The number of imide groups is 1. The SMILES string of the molecule is C[C@]12C=CC(=O)C=C1[C@@H](F)C[C@H]1[C@@H]3C[C@H]4O[C@@H](c5ccccc5F)O[C@@]4(C(=O)COP(=O)([O-])OP(=O)([O-])OCCNC(=O)CCCC(=O)ON4C(=O)CCC4=O)[C@@]3(C)C[C@H](O)[C@@]12F. The lowest BCUT2D eigenvalue weighted by molar-refractivity contribution is -0.246. The number of halogens is 3. The Labute approximate surface area is 357 Å². The van der Waals surface area contributed by atoms with Gasteiger partial charge in [-0.15, -0.1) is 5.06 Å². The Kier molecular flexibility index (Phi) is 12.8. The van der Waals surface area contributed by atoms with E-state index in [0.29, 0.717) is 5.06 Å². The summed E-state index contributed by atoms with van der Waals surface area (Å²) in [5.74, 6) is -7.90. The number of aliphatic hydroxyl groups excluding tert-OH is 1. The molecule has 0 aromatic heterocycles. The van der Waals surface area contributed by atoms with Gasteiger partial charge >= 0.3 is 5.97 Å². The highest BCUT2D eigenvalue weighted by Gasteiger charge is 2.80. The first-order valence-corrected chi connectivity index (χ1v) is 22.9. The summed E-state index contributed by atoms with van der Waals surface area (Å²) >= 11 is 0. The van der Waals surface area contributed by atoms with Crippen LogP contribution in [0.15, 0.2) is 48.1 Å². The molecule has 2 unspecified atom stereocenters. The van der Waals surface area contributed by atoms with E-state index >= 15 is 13.2 Å². The first-order chi connectivity index (χ1) is 29.5. The van der Waals surface area contributed by atoms with Crippen LogP contribution in [0.3, 0.4) is 0 Å². The number of alkyl halides is 2. The molecule has 0 bridgehead atoms. The van der Waals surface area contributed by atoms with Crippen LogP contribution in [0.1, 0.15) is 77.1 Å². The summed E-state index contributed by atoms with van der Waals surface area (Å²) in [5, 5.41) is 14.4. The number of carbonyl (C=O) groups excluding carboxylic acids is 6. The summed E-state index contributed by atoms with van der Waals surface area (Å²) in [6.45, 7) is 0.0132. The average Bonchev–Trinajstić information content (AvgIpc) is 3.82. The zero-order chi connectivity index (χ0) is 45.9. The maximum atomic E-state index is 17.8. The summed E-state index contributed by atoms with van der Waals surface area (Å²) < 4.78 is 100. The fraction of sp³-hybridized carbons (Fsp3) is 0.590. The van der Waals surface area contributed by atoms with E-state index in [1.807, 2.05) is 0 Å². The van der Waals surface area contributed by atoms with E-state index in [9.17, 15) is 52.8 Å². The number of ketones is 2. The van der Waals surface area contributed by atoms with Gasteiger partial charge in [-0.1, -0.05) is 31.2 Å². The van der Waals surface area contributed by atoms with Crippen LogP contribution in [-0.4, -0.2) is 94.8 Å². The number of carbonyl (C=O) groups is 6. The van der Waals surface area contributed by atoms with Crippen molar-refractivity contribution in [1.82, 2.24) is 10.4 Å². The molecule has 2 N–H and O–H groups in total. The second kappa shape index (κ2) is 17.1. The Morgan fingerprint density at radius 3 is 2.40 bits per heavy atom. The molecule has 2 aliphatic heterocycles. The minimum absolute atomic E-state index is 0.0857. The molecule has 3 saturated carbocycles. The van der Waals surface area contributed by atoms with Gasteiger partial charge in [-0.25, -0.2) is 22.3 Å². The molecule has 63 heavy (non-hydrogen) atoms. The van der Waals surface area contributed by atoms with Crippen molar-refractivity contribution in [2.75, 3.05) is 19.8 Å². The fourth-order valence-electron chi connectivity index (χ4n) is 10.3. The van der Waals surface area contributed by atoms with Crippen molar-refractivity contribution in [3.05, 3.63) is 59.4 Å². The van der Waals surface area contributed by atoms with Crippen molar-refractivity contribution in [2.45, 2.75) is 101 Å². The molecule has 2 heterocycles. The quantitative estimate of drug-likeness (QED) is 0.137. The Hall–Kier alpha value is -3.95. The van der Waals surface area contributed by atoms with E-state index in [0.717, 1.165) is 18.2 Å². The molecular formula is C39H43F3N2O17P2-2. The van der Waals surface area contributed by atoms with Gasteiger partial charge in [-0.3, -0.25) is 33.1 Å². The smallest absolute Gasteiger partial charge is 0.333 e. The van der Waals surface area contributed by atoms with Gasteiger partial charge in [0.2, 0.25) is 5.91 Å². The average molecular weight is 931 g/mol. The number of nitrogens with one attached hydrogen (secondary N) is 1. The van der Waals surface area contributed by atoms with Gasteiger partial charge in [-0.05, 0) is 62.3 Å². The number of phosphoric acid groups is 2. The second-order valence-electron chi connectivity index (χ2n) is 16.7. The van der Waals surface area contributed by atoms with Gasteiger partial charge in [0, 0.05) is 54.5 Å². The maximum Gasteiger partial charge on any atom is 0.333 e. The van der Waals surface area contributed by atoms with E-state index in [1.165, 1.54) is 38.1 Å². The highest BCUT2D eigenvalue weighted by molar-refractivity contribution is 7.59. The number of phosphoric ester groups is 2. The number of hydrogen-bond acceptors (Lipinski definition) is 17. The molecule has 0 spiro atoms. The maximum absolute atomic E-state index is 17.8. The number of allylic oxidation sites excluding steroid dienone is 4. The number of hydroxylamine groups is 2. The molecule has 7 rings (SSSR count). The molecule has 1 aromatic rings. The topological polar surface area (TPSA) is 274 Å². The van der Waals surface area contributed by atoms with Crippen LogP contribution in [0.25, 0.3) is 0 Å². The number of fused-ring (bicyclic) bond motifs is 7. The molecule has 5 fully saturated rings. The van der Waals surface area contributed by atoms with Gasteiger partial charge < -0.3 is 43.6 Å². The van der Waals surface area contributed by atoms with E-state index in [1.54, 1.807) is 0 Å². The van der Waals surface area contributed by atoms with Crippen molar-refractivity contribution in [3.63, 3.8) is 0 Å². The van der Waals surface area contributed by atoms with E-state index < -0.39 is 148 Å². The summed E-state index contributed by atoms with van der Waals surface area (Å²) in [6, 6.07) is 5.23. The molecule has 1 aromatic carbocycles. The number of amides is 3. The van der Waals surface area contributed by atoms with Gasteiger partial charge in [0.15, 0.2) is 29.1 Å². The minimum atomic E-state index is -5.99. The molecule has 3 amide bonds. The summed E-state index contributed by atoms with van der Waals surface area (Å²) in [4.78, 5) is 104. The van der Waals surface area contributed by atoms with Crippen LogP contribution >= 0.6 is 15.6 Å². The van der Waals surface area contributed by atoms with Crippen molar-refractivity contribution in [2.24, 2.45) is 22.7 Å². The Balaban J connectivity index is 0.997. The highest BCUT2D eigenvalue weighted by Crippen LogP contribution is 2.73. The molecule has 344 valence electrons. The molecular weight excluding hydrogens is 887 g/mol. The second-order valence-corrected chi connectivity index (χ2v) is 19.6. The molecule has 0 radical (unpaired) electrons. The first kappa shape index (κ1) is 47.0. The number of hydrogen-bond donors (Lipinski definition) is 2. The van der Waals surface area contributed by atoms with Crippen molar-refractivity contribution >= 4 is 50.9 Å². The molecule has 6 aliphatic rings. The molecule has 24 heteroatoms. The number of Topliss-reactive ketones (excluding diaryl/α,β-unsaturated/α-hetero) is 1. The zero-order valence-electron chi connectivity index (χ0n) is 33.7. The van der Waals surface area contributed by atoms with Crippen molar-refractivity contribution in [1.29, 1.82) is 0 Å². The third-order valence-electron chi connectivity index (χ3n) is 13.2. The van der Waals surface area contributed by atoms with E-state index in [4.69, 9.17) is 14.0 Å². The summed E-state index contributed by atoms with van der Waals surface area (Å²) in [5.41, 5.74) is -8.69. The van der Waals surface area contributed by atoms with Crippen LogP contribution in [0.4, 0.5) is 13.2 Å². The molecule has 12 atom stereocenters. The van der Waals surface area contributed by atoms with Gasteiger partial charge in [-0.2, -0.15) is 0 Å². The standard InChI is InChI=1S/C39H45F3N2O17P2/c1-36-13-12-21(45)16-25(36)27(41)17-24-23-18-30-39(37(23,2)19-28(46)38(24,36)42,59-35(58-30)22-6-3-4-7-26(22)40)29(47)20-57-63(54,55)61-62(52,53)56-15-14-43-31(48)8-5-9-34(51)60-44-32(49)10-11-33(44)50/h3-4,6-7,12-13,16,23-24,27-28,30,35,46H,5,8-11,14-15,17-20H2,1-2H3,(H,43,48)(H,52,53)(H,54,55)/p-2/t23-,24-,27-,28-,30+,35+,36-,37-,38-,39+/m0/s1. The summed E-state index contributed by atoms with van der Waals surface area (Å²) in [7, 11) is -11.8. The van der Waals surface area contributed by atoms with Gasteiger partial charge in [0.1, 0.15) is 18.6 Å². The van der Waals surface area contributed by atoms with Crippen LogP contribution in [-0.2, 0) is 65.6 Å². The largest absolute Gasteiger partial charge is 0.756 e. The lowest BCUT2D eigenvalue weighted by atomic mass is 9.44. The predicted octanol–water partition coefficient (Wildman–Crippen LogP) is 2.36. The molecule has 19 nitrogen and oxygen atoms in total. The Morgan fingerprint density at radius 1 is 1.02 bits per heavy atom. The fourth-order valence-corrected chi connectivity index (χ4v) is 12.3. The lowest BCUT2D eigenvalue weighted by Crippen LogP contribution is -2.70. The third kappa shape index (κ3) is 8.32. The van der Waals surface area contributed by atoms with Crippen LogP contribution in [0.2, 0.25) is 0 Å². The number of aliphatic hydroxyl groups is 1. The normalized spacial score (nSPS) is 36.3. The van der Waals surface area contributed by atoms with Crippen molar-refractivity contribution < 1.29 is 93.6 Å². The minimum Gasteiger partial charge on any atom is -0.756 e. The van der Waals surface area contributed by atoms with Crippen LogP contribution in [0.5, 0.6) is 0 Å². The van der Waals surface area contributed by atoms with Crippen molar-refractivity contribution in [3.8, 4) is 0 Å². The van der Waals surface area contributed by atoms with Crippen LogP contribution in [0, 0.1) is 28.5 Å². The number of nitrogens with zero attached hydrogens (tertiary/aromatic N) is 1. The Morgan fingerprint density at radius 2 is 1.70 bits per heavy atom. The van der Waals surface area contributed by atoms with Gasteiger partial charge in [0.05, 0.1) is 18.8 Å². The third-order valence-corrected chi connectivity index (χ3v) is 15.7. The first-order valence-electron chi connectivity index (χ1n) is 20.0. The number of ether oxygens (including phenoxy) is 2. The lowest BCUT2D eigenvalue weighted by Gasteiger charge is -2.63. The monoisotopic (exact) mass is 930 g/mol. The van der Waals surface area contributed by atoms with E-state index in [2.05, 4.69) is 19.0 Å². The number of benzene rings is 1. The van der Waals surface area contributed by atoms with Gasteiger partial charge in [0.25, 0.3) is 27.5 Å². The zero-order valence-corrected chi connectivity index (χ0v) is 35.5.